The summed E-state index contributed by atoms with van der Waals surface area (Å²) < 4.78 is 23.1. The number of anilines is 1. The fourth-order valence-corrected chi connectivity index (χ4v) is 5.19. The fraction of sp³-hybridized carbons (Fsp3) is 0.727. The SMILES string of the molecule is CN[C@@H]1[C@H](O)[C@H](NC)[C@H]2O[C@]3(O)[C@H](OC2[C@H]1O)O[C@H](C)C[C@@]3(O)CNc1ccc(OC)cc1. The maximum atomic E-state index is 11.7. The number of ether oxygens (including phenoxy) is 4. The summed E-state index contributed by atoms with van der Waals surface area (Å²) in [6.45, 7) is 1.70. The summed E-state index contributed by atoms with van der Waals surface area (Å²) >= 11 is 0. The van der Waals surface area contributed by atoms with Crippen LogP contribution in [-0.4, -0.2) is 108 Å². The molecular formula is C22H35N3O8. The minimum Gasteiger partial charge on any atom is -0.497 e. The number of benzene rings is 1. The Bertz CT molecular complexity index is 815. The van der Waals surface area contributed by atoms with Crippen LogP contribution in [0.1, 0.15) is 13.3 Å². The number of nitrogens with one attached hydrogen (secondary N) is 3. The van der Waals surface area contributed by atoms with Crippen molar-refractivity contribution in [3.8, 4) is 5.75 Å². The van der Waals surface area contributed by atoms with Crippen LogP contribution in [0.4, 0.5) is 5.69 Å². The number of methoxy groups -OCH3 is 1. The van der Waals surface area contributed by atoms with E-state index in [4.69, 9.17) is 18.9 Å². The molecule has 0 bridgehead atoms. The molecular weight excluding hydrogens is 434 g/mol. The molecule has 10 atom stereocenters. The summed E-state index contributed by atoms with van der Waals surface area (Å²) in [7, 11) is 4.85. The average molecular weight is 470 g/mol. The van der Waals surface area contributed by atoms with E-state index in [0.717, 1.165) is 0 Å². The second kappa shape index (κ2) is 9.25. The van der Waals surface area contributed by atoms with Crippen molar-refractivity contribution in [2.75, 3.05) is 33.1 Å². The lowest BCUT2D eigenvalue weighted by atomic mass is 9.77. The lowest BCUT2D eigenvalue weighted by Crippen LogP contribution is -2.81. The molecule has 4 rings (SSSR count). The fourth-order valence-electron chi connectivity index (χ4n) is 5.19. The Morgan fingerprint density at radius 3 is 2.27 bits per heavy atom. The molecule has 1 aromatic carbocycles. The van der Waals surface area contributed by atoms with E-state index in [0.29, 0.717) is 11.4 Å². The van der Waals surface area contributed by atoms with E-state index in [1.54, 1.807) is 52.4 Å². The summed E-state index contributed by atoms with van der Waals surface area (Å²) in [4.78, 5) is 0. The van der Waals surface area contributed by atoms with Gasteiger partial charge < -0.3 is 55.3 Å². The molecule has 0 amide bonds. The third kappa shape index (κ3) is 4.11. The second-order valence-electron chi connectivity index (χ2n) is 9.09. The van der Waals surface area contributed by atoms with Gasteiger partial charge in [0.2, 0.25) is 12.1 Å². The zero-order valence-electron chi connectivity index (χ0n) is 19.3. The molecule has 186 valence electrons. The molecule has 3 aliphatic rings. The highest BCUT2D eigenvalue weighted by Gasteiger charge is 2.68. The van der Waals surface area contributed by atoms with Crippen LogP contribution in [-0.2, 0) is 14.2 Å². The molecule has 3 fully saturated rings. The Morgan fingerprint density at radius 2 is 1.67 bits per heavy atom. The number of fused-ring (bicyclic) bond motifs is 2. The van der Waals surface area contributed by atoms with Gasteiger partial charge in [0.1, 0.15) is 29.7 Å². The summed E-state index contributed by atoms with van der Waals surface area (Å²) in [5.41, 5.74) is -1.08. The Hall–Kier alpha value is -1.54. The lowest BCUT2D eigenvalue weighted by molar-refractivity contribution is -0.481. The lowest BCUT2D eigenvalue weighted by Gasteiger charge is -2.60. The van der Waals surface area contributed by atoms with Gasteiger partial charge in [0, 0.05) is 18.7 Å². The van der Waals surface area contributed by atoms with Gasteiger partial charge in [-0.2, -0.15) is 0 Å². The van der Waals surface area contributed by atoms with Crippen molar-refractivity contribution in [1.29, 1.82) is 0 Å². The molecule has 1 aliphatic carbocycles. The second-order valence-corrected chi connectivity index (χ2v) is 9.09. The van der Waals surface area contributed by atoms with Crippen LogP contribution in [0.2, 0.25) is 0 Å². The number of aliphatic hydroxyl groups is 4. The van der Waals surface area contributed by atoms with Crippen molar-refractivity contribution < 1.29 is 39.4 Å². The molecule has 1 unspecified atom stereocenters. The summed E-state index contributed by atoms with van der Waals surface area (Å²) in [5, 5.41) is 53.9. The molecule has 11 nitrogen and oxygen atoms in total. The summed E-state index contributed by atoms with van der Waals surface area (Å²) in [6, 6.07) is 5.78. The largest absolute Gasteiger partial charge is 0.497 e. The van der Waals surface area contributed by atoms with Crippen LogP contribution >= 0.6 is 0 Å². The Morgan fingerprint density at radius 1 is 1.00 bits per heavy atom. The van der Waals surface area contributed by atoms with Gasteiger partial charge in [-0.1, -0.05) is 0 Å². The van der Waals surface area contributed by atoms with Crippen molar-refractivity contribution in [2.24, 2.45) is 0 Å². The van der Waals surface area contributed by atoms with E-state index in [1.165, 1.54) is 0 Å². The van der Waals surface area contributed by atoms with Gasteiger partial charge in [0.15, 0.2) is 0 Å². The first-order chi connectivity index (χ1) is 15.7. The normalized spacial score (nSPS) is 45.1. The number of likely N-dealkylation sites (N-methyl/N-ethyl adjacent to an activating group) is 2. The van der Waals surface area contributed by atoms with Gasteiger partial charge in [0.25, 0.3) is 0 Å². The third-order valence-corrected chi connectivity index (χ3v) is 7.02. The van der Waals surface area contributed by atoms with Gasteiger partial charge in [-0.15, -0.1) is 0 Å². The summed E-state index contributed by atoms with van der Waals surface area (Å²) in [5.74, 6) is -1.55. The van der Waals surface area contributed by atoms with Crippen LogP contribution in [0.25, 0.3) is 0 Å². The molecule has 11 heteroatoms. The van der Waals surface area contributed by atoms with Gasteiger partial charge in [0.05, 0.1) is 31.4 Å². The van der Waals surface area contributed by atoms with Crippen molar-refractivity contribution >= 4 is 5.69 Å². The minimum absolute atomic E-state index is 0.0603. The van der Waals surface area contributed by atoms with E-state index in [1.807, 2.05) is 0 Å². The highest BCUT2D eigenvalue weighted by molar-refractivity contribution is 5.46. The van der Waals surface area contributed by atoms with E-state index >= 15 is 0 Å². The van der Waals surface area contributed by atoms with Gasteiger partial charge in [-0.25, -0.2) is 0 Å². The first-order valence-electron chi connectivity index (χ1n) is 11.2. The Kier molecular flexibility index (Phi) is 6.89. The maximum absolute atomic E-state index is 11.7. The van der Waals surface area contributed by atoms with Gasteiger partial charge in [-0.05, 0) is 45.3 Å². The van der Waals surface area contributed by atoms with E-state index in [-0.39, 0.29) is 13.0 Å². The van der Waals surface area contributed by atoms with Crippen molar-refractivity contribution in [1.82, 2.24) is 10.6 Å². The molecule has 0 radical (unpaired) electrons. The molecule has 2 saturated heterocycles. The Balaban J connectivity index is 1.60. The highest BCUT2D eigenvalue weighted by Crippen LogP contribution is 2.46. The number of hydrogen-bond acceptors (Lipinski definition) is 11. The van der Waals surface area contributed by atoms with Crippen LogP contribution in [0, 0.1) is 0 Å². The zero-order chi connectivity index (χ0) is 24.0. The predicted octanol–water partition coefficient (Wildman–Crippen LogP) is -1.64. The highest BCUT2D eigenvalue weighted by atomic mass is 16.8. The van der Waals surface area contributed by atoms with Crippen LogP contribution in [0.3, 0.4) is 0 Å². The molecule has 2 heterocycles. The smallest absolute Gasteiger partial charge is 0.250 e. The van der Waals surface area contributed by atoms with E-state index in [2.05, 4.69) is 16.0 Å². The van der Waals surface area contributed by atoms with Gasteiger partial charge >= 0.3 is 0 Å². The topological polar surface area (TPSA) is 154 Å². The van der Waals surface area contributed by atoms with Crippen molar-refractivity contribution in [3.05, 3.63) is 24.3 Å². The molecule has 1 saturated carbocycles. The minimum atomic E-state index is -2.25. The molecule has 1 aromatic rings. The number of hydrogen-bond donors (Lipinski definition) is 7. The standard InChI is InChI=1S/C22H35N3O8/c1-11-9-21(28,10-25-12-5-7-13(30-4)8-6-12)22(29)20(31-11)32-19-17(27)14(23-2)16(26)15(24-3)18(19)33-22/h5-8,11,14-20,23-29H,9-10H2,1-4H3/t11-,14-,15+,16+,17+,18-,19?,20+,21-,22-/m1/s1. The first-order valence-corrected chi connectivity index (χ1v) is 11.2. The van der Waals surface area contributed by atoms with E-state index in [9.17, 15) is 20.4 Å². The zero-order valence-corrected chi connectivity index (χ0v) is 19.3. The monoisotopic (exact) mass is 469 g/mol. The molecule has 33 heavy (non-hydrogen) atoms. The van der Waals surface area contributed by atoms with Crippen LogP contribution in [0.5, 0.6) is 5.75 Å². The van der Waals surface area contributed by atoms with E-state index < -0.39 is 60.3 Å². The number of aliphatic hydroxyl groups excluding tert-OH is 2. The van der Waals surface area contributed by atoms with Crippen LogP contribution in [0.15, 0.2) is 24.3 Å². The number of rotatable bonds is 6. The molecule has 7 N–H and O–H groups in total. The predicted molar refractivity (Wildman–Crippen MR) is 118 cm³/mol. The van der Waals surface area contributed by atoms with Crippen molar-refractivity contribution in [2.45, 2.75) is 73.6 Å². The quantitative estimate of drug-likeness (QED) is 0.257. The molecule has 0 aromatic heterocycles. The average Bonchev–Trinajstić information content (AvgIpc) is 2.79. The van der Waals surface area contributed by atoms with Crippen molar-refractivity contribution in [3.63, 3.8) is 0 Å². The molecule has 0 spiro atoms. The maximum Gasteiger partial charge on any atom is 0.250 e. The summed E-state index contributed by atoms with van der Waals surface area (Å²) in [6.07, 6.45) is -5.74. The third-order valence-electron chi connectivity index (χ3n) is 7.02. The molecule has 2 aliphatic heterocycles. The first kappa shape index (κ1) is 24.6. The Labute approximate surface area is 193 Å². The van der Waals surface area contributed by atoms with Crippen LogP contribution < -0.4 is 20.7 Å². The van der Waals surface area contributed by atoms with Gasteiger partial charge in [-0.3, -0.25) is 0 Å².